The average molecular weight is 353 g/mol. The Morgan fingerprint density at radius 2 is 2.08 bits per heavy atom. The predicted octanol–water partition coefficient (Wildman–Crippen LogP) is 4.64. The van der Waals surface area contributed by atoms with Crippen molar-refractivity contribution in [2.24, 2.45) is 0 Å². The summed E-state index contributed by atoms with van der Waals surface area (Å²) in [5.74, 6) is 1.75. The van der Waals surface area contributed by atoms with E-state index in [1.807, 2.05) is 13.0 Å². The van der Waals surface area contributed by atoms with Crippen LogP contribution in [0.4, 0.5) is 0 Å². The molecule has 2 fully saturated rings. The Morgan fingerprint density at radius 3 is 2.88 bits per heavy atom. The van der Waals surface area contributed by atoms with Crippen LogP contribution in [-0.2, 0) is 0 Å². The van der Waals surface area contributed by atoms with Gasteiger partial charge in [0.1, 0.15) is 17.4 Å². The minimum atomic E-state index is 0.592. The number of pyridine rings is 1. The number of aromatic nitrogens is 1. The van der Waals surface area contributed by atoms with Crippen LogP contribution in [0.3, 0.4) is 0 Å². The standard InChI is InChI=1S/C21H24N2OS/c1-14-4-2-7-21(22-14)25-16-8-9-18-17-10-11-23(15-5-3-6-15)19(17)13-24-20(18)12-16/h2,4,7-9,12,15,17,19H,3,5-6,10-11,13H2,1H3. The average Bonchev–Trinajstić information content (AvgIpc) is 2.97. The van der Waals surface area contributed by atoms with Crippen molar-refractivity contribution in [1.82, 2.24) is 9.88 Å². The zero-order chi connectivity index (χ0) is 16.8. The lowest BCUT2D eigenvalue weighted by molar-refractivity contribution is 0.0717. The molecule has 3 nitrogen and oxygen atoms in total. The molecule has 0 radical (unpaired) electrons. The summed E-state index contributed by atoms with van der Waals surface area (Å²) >= 11 is 1.72. The molecule has 1 saturated carbocycles. The maximum atomic E-state index is 6.21. The topological polar surface area (TPSA) is 25.4 Å². The van der Waals surface area contributed by atoms with Crippen LogP contribution in [0.5, 0.6) is 5.75 Å². The van der Waals surface area contributed by atoms with Crippen LogP contribution in [-0.4, -0.2) is 35.1 Å². The lowest BCUT2D eigenvalue weighted by Crippen LogP contribution is -2.47. The molecular weight excluding hydrogens is 328 g/mol. The number of hydrogen-bond acceptors (Lipinski definition) is 4. The van der Waals surface area contributed by atoms with E-state index in [0.29, 0.717) is 12.0 Å². The van der Waals surface area contributed by atoms with Crippen molar-refractivity contribution in [2.75, 3.05) is 13.2 Å². The Morgan fingerprint density at radius 1 is 1.16 bits per heavy atom. The summed E-state index contributed by atoms with van der Waals surface area (Å²) in [5, 5.41) is 1.05. The van der Waals surface area contributed by atoms with Crippen molar-refractivity contribution in [3.05, 3.63) is 47.7 Å². The van der Waals surface area contributed by atoms with Crippen LogP contribution in [0, 0.1) is 6.92 Å². The second kappa shape index (κ2) is 6.33. The van der Waals surface area contributed by atoms with Gasteiger partial charge in [0.2, 0.25) is 0 Å². The first-order chi connectivity index (χ1) is 12.3. The summed E-state index contributed by atoms with van der Waals surface area (Å²) in [5.41, 5.74) is 2.48. The van der Waals surface area contributed by atoms with Gasteiger partial charge in [-0.25, -0.2) is 4.98 Å². The Hall–Kier alpha value is -1.52. The first-order valence-corrected chi connectivity index (χ1v) is 10.2. The van der Waals surface area contributed by atoms with Gasteiger partial charge in [-0.05, 0) is 62.6 Å². The number of ether oxygens (including phenoxy) is 1. The molecule has 3 aliphatic rings. The molecular formula is C21H24N2OS. The summed E-state index contributed by atoms with van der Waals surface area (Å²) < 4.78 is 6.21. The van der Waals surface area contributed by atoms with Gasteiger partial charge in [-0.15, -0.1) is 0 Å². The van der Waals surface area contributed by atoms with Gasteiger partial charge in [-0.3, -0.25) is 4.90 Å². The number of nitrogens with zero attached hydrogens (tertiary/aromatic N) is 2. The molecule has 2 unspecified atom stereocenters. The van der Waals surface area contributed by atoms with E-state index in [-0.39, 0.29) is 0 Å². The van der Waals surface area contributed by atoms with Crippen LogP contribution in [0.1, 0.15) is 42.9 Å². The molecule has 1 aromatic carbocycles. The number of hydrogen-bond donors (Lipinski definition) is 0. The van der Waals surface area contributed by atoms with Crippen molar-refractivity contribution >= 4 is 11.8 Å². The van der Waals surface area contributed by atoms with Crippen LogP contribution in [0.2, 0.25) is 0 Å². The summed E-state index contributed by atoms with van der Waals surface area (Å²) in [6.45, 7) is 4.13. The number of likely N-dealkylation sites (tertiary alicyclic amines) is 1. The van der Waals surface area contributed by atoms with Crippen molar-refractivity contribution in [2.45, 2.75) is 60.5 Å². The number of aryl methyl sites for hydroxylation is 1. The first kappa shape index (κ1) is 15.7. The fourth-order valence-corrected chi connectivity index (χ4v) is 5.38. The molecule has 130 valence electrons. The summed E-state index contributed by atoms with van der Waals surface area (Å²) in [4.78, 5) is 8.54. The number of fused-ring (bicyclic) bond motifs is 3. The van der Waals surface area contributed by atoms with E-state index in [1.165, 1.54) is 42.7 Å². The molecule has 1 saturated heterocycles. The van der Waals surface area contributed by atoms with Crippen molar-refractivity contribution < 1.29 is 4.74 Å². The van der Waals surface area contributed by atoms with E-state index in [4.69, 9.17) is 4.74 Å². The van der Waals surface area contributed by atoms with E-state index in [0.717, 1.165) is 29.1 Å². The molecule has 0 spiro atoms. The molecule has 3 heterocycles. The fraction of sp³-hybridized carbons (Fsp3) is 0.476. The van der Waals surface area contributed by atoms with E-state index in [2.05, 4.69) is 40.2 Å². The first-order valence-electron chi connectivity index (χ1n) is 9.42. The van der Waals surface area contributed by atoms with Crippen molar-refractivity contribution in [3.8, 4) is 5.75 Å². The van der Waals surface area contributed by atoms with Crippen LogP contribution < -0.4 is 4.74 Å². The molecule has 4 heteroatoms. The van der Waals surface area contributed by atoms with Gasteiger partial charge < -0.3 is 4.74 Å². The van der Waals surface area contributed by atoms with Gasteiger partial charge in [-0.1, -0.05) is 30.3 Å². The van der Waals surface area contributed by atoms with E-state index < -0.39 is 0 Å². The molecule has 2 aliphatic heterocycles. The lowest BCUT2D eigenvalue weighted by Gasteiger charge is -2.41. The van der Waals surface area contributed by atoms with E-state index in [1.54, 1.807) is 11.8 Å². The van der Waals surface area contributed by atoms with Crippen molar-refractivity contribution in [1.29, 1.82) is 0 Å². The highest BCUT2D eigenvalue weighted by molar-refractivity contribution is 7.99. The highest BCUT2D eigenvalue weighted by Gasteiger charge is 2.43. The third kappa shape index (κ3) is 2.85. The lowest BCUT2D eigenvalue weighted by atomic mass is 9.87. The number of benzene rings is 1. The number of rotatable bonds is 3. The Kier molecular flexibility index (Phi) is 3.98. The SMILES string of the molecule is Cc1cccc(Sc2ccc3c(c2)OCC2C3CCN2C2CCC2)n1. The maximum absolute atomic E-state index is 6.21. The molecule has 1 aromatic heterocycles. The highest BCUT2D eigenvalue weighted by Crippen LogP contribution is 2.46. The Labute approximate surface area is 153 Å². The molecule has 0 bridgehead atoms. The molecule has 0 N–H and O–H groups in total. The molecule has 25 heavy (non-hydrogen) atoms. The minimum Gasteiger partial charge on any atom is -0.492 e. The molecule has 5 rings (SSSR count). The zero-order valence-corrected chi connectivity index (χ0v) is 15.5. The quantitative estimate of drug-likeness (QED) is 0.803. The Bertz CT molecular complexity index is 789. The molecule has 0 amide bonds. The normalized spacial score (nSPS) is 25.8. The van der Waals surface area contributed by atoms with E-state index in [9.17, 15) is 0 Å². The van der Waals surface area contributed by atoms with Gasteiger partial charge in [-0.2, -0.15) is 0 Å². The second-order valence-corrected chi connectivity index (χ2v) is 8.61. The zero-order valence-electron chi connectivity index (χ0n) is 14.6. The smallest absolute Gasteiger partial charge is 0.124 e. The predicted molar refractivity (Wildman–Crippen MR) is 101 cm³/mol. The third-order valence-electron chi connectivity index (χ3n) is 6.01. The fourth-order valence-electron chi connectivity index (χ4n) is 4.50. The van der Waals surface area contributed by atoms with Gasteiger partial charge in [0.05, 0.1) is 6.04 Å². The van der Waals surface area contributed by atoms with Gasteiger partial charge in [0.25, 0.3) is 0 Å². The Balaban J connectivity index is 1.37. The maximum Gasteiger partial charge on any atom is 0.124 e. The molecule has 2 atom stereocenters. The molecule has 2 aromatic rings. The van der Waals surface area contributed by atoms with Gasteiger partial charge in [0.15, 0.2) is 0 Å². The third-order valence-corrected chi connectivity index (χ3v) is 6.94. The van der Waals surface area contributed by atoms with Gasteiger partial charge in [0, 0.05) is 22.5 Å². The monoisotopic (exact) mass is 352 g/mol. The van der Waals surface area contributed by atoms with Crippen LogP contribution >= 0.6 is 11.8 Å². The van der Waals surface area contributed by atoms with E-state index >= 15 is 0 Å². The summed E-state index contributed by atoms with van der Waals surface area (Å²) in [7, 11) is 0. The highest BCUT2D eigenvalue weighted by atomic mass is 32.2. The van der Waals surface area contributed by atoms with Crippen LogP contribution in [0.25, 0.3) is 0 Å². The minimum absolute atomic E-state index is 0.592. The van der Waals surface area contributed by atoms with Crippen molar-refractivity contribution in [3.63, 3.8) is 0 Å². The van der Waals surface area contributed by atoms with Gasteiger partial charge >= 0.3 is 0 Å². The molecule has 1 aliphatic carbocycles. The second-order valence-electron chi connectivity index (χ2n) is 7.51. The van der Waals surface area contributed by atoms with Crippen LogP contribution in [0.15, 0.2) is 46.3 Å². The summed E-state index contributed by atoms with van der Waals surface area (Å²) in [6, 6.07) is 14.3. The summed E-state index contributed by atoms with van der Waals surface area (Å²) in [6.07, 6.45) is 5.46. The largest absolute Gasteiger partial charge is 0.492 e.